The van der Waals surface area contributed by atoms with Crippen molar-refractivity contribution in [2.75, 3.05) is 26.2 Å². The summed E-state index contributed by atoms with van der Waals surface area (Å²) in [5, 5.41) is 0. The maximum atomic E-state index is 12.9. The molecule has 1 N–H and O–H groups in total. The molecule has 5 rings (SSSR count). The molecule has 2 heterocycles. The van der Waals surface area contributed by atoms with Crippen molar-refractivity contribution in [3.8, 4) is 11.1 Å². The normalized spacial score (nSPS) is 14.9. The Balaban J connectivity index is 1.18. The van der Waals surface area contributed by atoms with Crippen molar-refractivity contribution in [3.63, 3.8) is 0 Å². The predicted octanol–water partition coefficient (Wildman–Crippen LogP) is 4.19. The summed E-state index contributed by atoms with van der Waals surface area (Å²) in [6.45, 7) is 4.18. The van der Waals surface area contributed by atoms with Gasteiger partial charge in [0, 0.05) is 38.3 Å². The molecule has 1 aromatic heterocycles. The average Bonchev–Trinajstić information content (AvgIpc) is 3.28. The van der Waals surface area contributed by atoms with Crippen LogP contribution >= 0.6 is 0 Å². The van der Waals surface area contributed by atoms with Crippen LogP contribution in [0.3, 0.4) is 0 Å². The van der Waals surface area contributed by atoms with E-state index in [9.17, 15) is 4.79 Å². The highest BCUT2D eigenvalue weighted by Gasteiger charge is 2.22. The second kappa shape index (κ2) is 8.13. The number of imidazole rings is 1. The molecule has 3 aromatic carbocycles. The minimum absolute atomic E-state index is 0.0896. The maximum Gasteiger partial charge on any atom is 0.254 e. The summed E-state index contributed by atoms with van der Waals surface area (Å²) in [6, 6.07) is 24.9. The molecule has 0 aliphatic carbocycles. The largest absolute Gasteiger partial charge is 0.345 e. The maximum absolute atomic E-state index is 12.9. The van der Waals surface area contributed by atoms with Gasteiger partial charge in [-0.05, 0) is 34.9 Å². The van der Waals surface area contributed by atoms with Crippen molar-refractivity contribution >= 4 is 16.9 Å². The Hall–Kier alpha value is -3.44. The van der Waals surface area contributed by atoms with Crippen LogP contribution in [0.25, 0.3) is 22.2 Å². The van der Waals surface area contributed by atoms with Gasteiger partial charge < -0.3 is 9.88 Å². The van der Waals surface area contributed by atoms with Gasteiger partial charge in [0.1, 0.15) is 0 Å². The quantitative estimate of drug-likeness (QED) is 0.563. The van der Waals surface area contributed by atoms with E-state index in [0.29, 0.717) is 5.56 Å². The molecule has 150 valence electrons. The summed E-state index contributed by atoms with van der Waals surface area (Å²) in [4.78, 5) is 24.6. The number of rotatable bonds is 4. The van der Waals surface area contributed by atoms with Crippen LogP contribution in [0.15, 0.2) is 79.1 Å². The second-order valence-electron chi connectivity index (χ2n) is 7.77. The fourth-order valence-electron chi connectivity index (χ4n) is 4.05. The van der Waals surface area contributed by atoms with E-state index in [4.69, 9.17) is 0 Å². The molecule has 5 nitrogen and oxygen atoms in total. The van der Waals surface area contributed by atoms with Crippen LogP contribution in [0, 0.1) is 0 Å². The summed E-state index contributed by atoms with van der Waals surface area (Å²) in [6.07, 6.45) is 1.66. The van der Waals surface area contributed by atoms with Crippen molar-refractivity contribution < 1.29 is 4.79 Å². The molecule has 0 saturated carbocycles. The zero-order valence-electron chi connectivity index (χ0n) is 16.8. The number of piperazine rings is 1. The number of amides is 1. The number of nitrogens with one attached hydrogen (secondary N) is 1. The third kappa shape index (κ3) is 3.84. The van der Waals surface area contributed by atoms with E-state index < -0.39 is 0 Å². The van der Waals surface area contributed by atoms with Crippen LogP contribution in [0.2, 0.25) is 0 Å². The zero-order chi connectivity index (χ0) is 20.3. The summed E-state index contributed by atoms with van der Waals surface area (Å²) in [5.41, 5.74) is 6.28. The minimum Gasteiger partial charge on any atom is -0.345 e. The molecule has 0 radical (unpaired) electrons. The van der Waals surface area contributed by atoms with Crippen LogP contribution in [0.5, 0.6) is 0 Å². The van der Waals surface area contributed by atoms with Crippen LogP contribution in [0.4, 0.5) is 0 Å². The summed E-state index contributed by atoms with van der Waals surface area (Å²) in [7, 11) is 0. The number of aromatic nitrogens is 2. The first-order valence-electron chi connectivity index (χ1n) is 10.4. The lowest BCUT2D eigenvalue weighted by atomic mass is 10.0. The predicted molar refractivity (Wildman–Crippen MR) is 119 cm³/mol. The number of benzene rings is 3. The van der Waals surface area contributed by atoms with Gasteiger partial charge in [-0.15, -0.1) is 0 Å². The van der Waals surface area contributed by atoms with E-state index in [0.717, 1.165) is 43.8 Å². The topological polar surface area (TPSA) is 52.2 Å². The van der Waals surface area contributed by atoms with E-state index in [1.807, 2.05) is 29.2 Å². The standard InChI is InChI=1S/C25H24N4O/c30-25(22-10-11-23-24(16-22)27-18-26-23)29-14-12-28(13-15-29)17-19-6-8-21(9-7-19)20-4-2-1-3-5-20/h1-11,16,18H,12-15,17H2,(H,26,27). The van der Waals surface area contributed by atoms with E-state index >= 15 is 0 Å². The van der Waals surface area contributed by atoms with Gasteiger partial charge in [-0.1, -0.05) is 54.6 Å². The molecule has 1 saturated heterocycles. The fraction of sp³-hybridized carbons (Fsp3) is 0.200. The zero-order valence-corrected chi connectivity index (χ0v) is 16.8. The number of carbonyl (C=O) groups is 1. The molecule has 1 aliphatic rings. The third-order valence-electron chi connectivity index (χ3n) is 5.80. The number of nitrogens with zero attached hydrogens (tertiary/aromatic N) is 3. The van der Waals surface area contributed by atoms with Crippen molar-refractivity contribution in [1.82, 2.24) is 19.8 Å². The lowest BCUT2D eigenvalue weighted by molar-refractivity contribution is 0.0628. The van der Waals surface area contributed by atoms with Gasteiger partial charge in [-0.3, -0.25) is 9.69 Å². The summed E-state index contributed by atoms with van der Waals surface area (Å²) >= 11 is 0. The van der Waals surface area contributed by atoms with E-state index in [2.05, 4.69) is 63.4 Å². The molecule has 0 spiro atoms. The first-order chi connectivity index (χ1) is 14.8. The van der Waals surface area contributed by atoms with Crippen molar-refractivity contribution in [2.45, 2.75) is 6.54 Å². The fourth-order valence-corrected chi connectivity index (χ4v) is 4.05. The Morgan fingerprint density at radius 3 is 2.37 bits per heavy atom. The van der Waals surface area contributed by atoms with Crippen molar-refractivity contribution in [2.24, 2.45) is 0 Å². The molecule has 1 fully saturated rings. The van der Waals surface area contributed by atoms with Gasteiger partial charge in [-0.25, -0.2) is 4.98 Å². The summed E-state index contributed by atoms with van der Waals surface area (Å²) < 4.78 is 0. The lowest BCUT2D eigenvalue weighted by Crippen LogP contribution is -2.48. The van der Waals surface area contributed by atoms with Gasteiger partial charge in [0.15, 0.2) is 0 Å². The molecule has 30 heavy (non-hydrogen) atoms. The van der Waals surface area contributed by atoms with Crippen molar-refractivity contribution in [1.29, 1.82) is 0 Å². The number of H-pyrrole nitrogens is 1. The monoisotopic (exact) mass is 396 g/mol. The highest BCUT2D eigenvalue weighted by Crippen LogP contribution is 2.20. The number of carbonyl (C=O) groups excluding carboxylic acids is 1. The molecule has 0 atom stereocenters. The number of aromatic amines is 1. The number of hydrogen-bond donors (Lipinski definition) is 1. The molecule has 1 aliphatic heterocycles. The van der Waals surface area contributed by atoms with Crippen LogP contribution in [0.1, 0.15) is 15.9 Å². The van der Waals surface area contributed by atoms with Gasteiger partial charge in [-0.2, -0.15) is 0 Å². The average molecular weight is 396 g/mol. The minimum atomic E-state index is 0.0896. The van der Waals surface area contributed by atoms with Gasteiger partial charge in [0.05, 0.1) is 17.4 Å². The Labute approximate surface area is 176 Å². The van der Waals surface area contributed by atoms with E-state index in [1.54, 1.807) is 6.33 Å². The Morgan fingerprint density at radius 1 is 0.867 bits per heavy atom. The number of fused-ring (bicyclic) bond motifs is 1. The van der Waals surface area contributed by atoms with Gasteiger partial charge in [0.25, 0.3) is 5.91 Å². The highest BCUT2D eigenvalue weighted by molar-refractivity contribution is 5.97. The molecule has 0 bridgehead atoms. The molecule has 5 heteroatoms. The number of hydrogen-bond acceptors (Lipinski definition) is 3. The van der Waals surface area contributed by atoms with E-state index in [-0.39, 0.29) is 5.91 Å². The second-order valence-corrected chi connectivity index (χ2v) is 7.77. The SMILES string of the molecule is O=C(c1ccc2[nH]cnc2c1)N1CCN(Cc2ccc(-c3ccccc3)cc2)CC1. The smallest absolute Gasteiger partial charge is 0.254 e. The summed E-state index contributed by atoms with van der Waals surface area (Å²) in [5.74, 6) is 0.0896. The Morgan fingerprint density at radius 2 is 1.60 bits per heavy atom. The first-order valence-corrected chi connectivity index (χ1v) is 10.4. The molecule has 0 unspecified atom stereocenters. The van der Waals surface area contributed by atoms with E-state index in [1.165, 1.54) is 16.7 Å². The van der Waals surface area contributed by atoms with Gasteiger partial charge in [0.2, 0.25) is 0 Å². The van der Waals surface area contributed by atoms with Crippen LogP contribution < -0.4 is 0 Å². The molecule has 4 aromatic rings. The molecule has 1 amide bonds. The highest BCUT2D eigenvalue weighted by atomic mass is 16.2. The van der Waals surface area contributed by atoms with Gasteiger partial charge >= 0.3 is 0 Å². The molecular formula is C25H24N4O. The first kappa shape index (κ1) is 18.6. The van der Waals surface area contributed by atoms with Crippen LogP contribution in [-0.4, -0.2) is 51.9 Å². The molecular weight excluding hydrogens is 372 g/mol. The third-order valence-corrected chi connectivity index (χ3v) is 5.80. The lowest BCUT2D eigenvalue weighted by Gasteiger charge is -2.34. The van der Waals surface area contributed by atoms with Crippen LogP contribution in [-0.2, 0) is 6.54 Å². The van der Waals surface area contributed by atoms with Crippen molar-refractivity contribution in [3.05, 3.63) is 90.3 Å². The Kier molecular flexibility index (Phi) is 5.03. The Bertz CT molecular complexity index is 1140.